The topological polar surface area (TPSA) is 21.3 Å². The lowest BCUT2D eigenvalue weighted by atomic mass is 9.76. The first-order valence-electron chi connectivity index (χ1n) is 7.15. The second kappa shape index (κ2) is 5.98. The lowest BCUT2D eigenvalue weighted by Crippen LogP contribution is -2.39. The van der Waals surface area contributed by atoms with Crippen molar-refractivity contribution < 1.29 is 4.74 Å². The van der Waals surface area contributed by atoms with Crippen LogP contribution in [0.1, 0.15) is 35.4 Å². The fourth-order valence-electron chi connectivity index (χ4n) is 2.77. The van der Waals surface area contributed by atoms with Gasteiger partial charge in [-0.3, -0.25) is 0 Å². The van der Waals surface area contributed by atoms with Crippen molar-refractivity contribution in [1.29, 1.82) is 0 Å². The Hall–Kier alpha value is -1.32. The van der Waals surface area contributed by atoms with Crippen molar-refractivity contribution in [3.63, 3.8) is 0 Å². The van der Waals surface area contributed by atoms with E-state index in [4.69, 9.17) is 4.74 Å². The van der Waals surface area contributed by atoms with Gasteiger partial charge >= 0.3 is 0 Å². The monoisotopic (exact) mass is 287 g/mol. The molecule has 1 aromatic carbocycles. The molecule has 2 nitrogen and oxygen atoms in total. The highest BCUT2D eigenvalue weighted by molar-refractivity contribution is 7.08. The molecule has 0 atom stereocenters. The van der Waals surface area contributed by atoms with E-state index in [1.54, 1.807) is 18.4 Å². The standard InChI is InChI=1S/C17H21NOS/c1-12-10-20-11-15(12)9-18-16-6-14(7-16)13-4-3-5-17(8-13)19-2/h3-5,8,10-11,14,16,18H,6-7,9H2,1-2H3. The molecule has 1 N–H and O–H groups in total. The molecule has 0 unspecified atom stereocenters. The van der Waals surface area contributed by atoms with E-state index in [1.165, 1.54) is 29.5 Å². The zero-order valence-electron chi connectivity index (χ0n) is 12.1. The zero-order chi connectivity index (χ0) is 13.9. The van der Waals surface area contributed by atoms with Crippen LogP contribution in [0.5, 0.6) is 5.75 Å². The molecule has 1 aromatic heterocycles. The van der Waals surface area contributed by atoms with E-state index in [-0.39, 0.29) is 0 Å². The van der Waals surface area contributed by atoms with E-state index in [2.05, 4.69) is 41.2 Å². The van der Waals surface area contributed by atoms with Gasteiger partial charge in [0.2, 0.25) is 0 Å². The predicted octanol–water partition coefficient (Wildman–Crippen LogP) is 4.10. The van der Waals surface area contributed by atoms with Gasteiger partial charge in [-0.1, -0.05) is 12.1 Å². The number of hydrogen-bond acceptors (Lipinski definition) is 3. The Morgan fingerprint density at radius 1 is 1.30 bits per heavy atom. The van der Waals surface area contributed by atoms with Gasteiger partial charge in [0.25, 0.3) is 0 Å². The van der Waals surface area contributed by atoms with Crippen molar-refractivity contribution >= 4 is 11.3 Å². The second-order valence-corrected chi connectivity index (χ2v) is 6.35. The third-order valence-electron chi connectivity index (χ3n) is 4.25. The van der Waals surface area contributed by atoms with E-state index in [9.17, 15) is 0 Å². The van der Waals surface area contributed by atoms with Gasteiger partial charge in [0.05, 0.1) is 7.11 Å². The molecule has 0 spiro atoms. The van der Waals surface area contributed by atoms with Crippen LogP contribution in [0.25, 0.3) is 0 Å². The molecule has 0 amide bonds. The number of nitrogens with one attached hydrogen (secondary N) is 1. The van der Waals surface area contributed by atoms with Crippen LogP contribution in [0.2, 0.25) is 0 Å². The molecule has 0 saturated heterocycles. The third-order valence-corrected chi connectivity index (χ3v) is 5.16. The van der Waals surface area contributed by atoms with Crippen LogP contribution < -0.4 is 10.1 Å². The largest absolute Gasteiger partial charge is 0.497 e. The van der Waals surface area contributed by atoms with Crippen LogP contribution in [0, 0.1) is 6.92 Å². The Bertz CT molecular complexity index is 572. The van der Waals surface area contributed by atoms with Gasteiger partial charge in [0.15, 0.2) is 0 Å². The Morgan fingerprint density at radius 2 is 2.15 bits per heavy atom. The SMILES string of the molecule is COc1cccc(C2CC(NCc3cscc3C)C2)c1. The van der Waals surface area contributed by atoms with Crippen molar-refractivity contribution in [2.75, 3.05) is 7.11 Å². The van der Waals surface area contributed by atoms with E-state index in [1.807, 2.05) is 6.07 Å². The average molecular weight is 287 g/mol. The molecular formula is C17H21NOS. The zero-order valence-corrected chi connectivity index (χ0v) is 12.9. The molecule has 0 aliphatic heterocycles. The van der Waals surface area contributed by atoms with Crippen molar-refractivity contribution in [1.82, 2.24) is 5.32 Å². The van der Waals surface area contributed by atoms with Gasteiger partial charge in [0, 0.05) is 12.6 Å². The Kier molecular flexibility index (Phi) is 4.08. The average Bonchev–Trinajstić information content (AvgIpc) is 2.83. The first kappa shape index (κ1) is 13.7. The highest BCUT2D eigenvalue weighted by Crippen LogP contribution is 2.38. The van der Waals surface area contributed by atoms with Crippen molar-refractivity contribution in [3.05, 3.63) is 51.7 Å². The van der Waals surface area contributed by atoms with Crippen LogP contribution in [0.3, 0.4) is 0 Å². The predicted molar refractivity (Wildman–Crippen MR) is 84.7 cm³/mol. The Labute approximate surface area is 124 Å². The van der Waals surface area contributed by atoms with Crippen LogP contribution in [-0.4, -0.2) is 13.2 Å². The minimum Gasteiger partial charge on any atom is -0.497 e. The molecule has 1 heterocycles. The molecule has 106 valence electrons. The van der Waals surface area contributed by atoms with Crippen molar-refractivity contribution in [2.24, 2.45) is 0 Å². The number of aryl methyl sites for hydroxylation is 1. The minimum absolute atomic E-state index is 0.658. The number of ether oxygens (including phenoxy) is 1. The van der Waals surface area contributed by atoms with Crippen LogP contribution in [-0.2, 0) is 6.54 Å². The fraction of sp³-hybridized carbons (Fsp3) is 0.412. The maximum Gasteiger partial charge on any atom is 0.119 e. The van der Waals surface area contributed by atoms with Crippen LogP contribution in [0.4, 0.5) is 0 Å². The summed E-state index contributed by atoms with van der Waals surface area (Å²) in [5.41, 5.74) is 4.26. The van der Waals surface area contributed by atoms with Gasteiger partial charge in [-0.15, -0.1) is 0 Å². The summed E-state index contributed by atoms with van der Waals surface area (Å²) in [6.07, 6.45) is 2.46. The summed E-state index contributed by atoms with van der Waals surface area (Å²) in [5.74, 6) is 1.65. The summed E-state index contributed by atoms with van der Waals surface area (Å²) in [5, 5.41) is 8.14. The quantitative estimate of drug-likeness (QED) is 0.894. The van der Waals surface area contributed by atoms with Gasteiger partial charge < -0.3 is 10.1 Å². The maximum absolute atomic E-state index is 5.30. The van der Waals surface area contributed by atoms with E-state index >= 15 is 0 Å². The summed E-state index contributed by atoms with van der Waals surface area (Å²) in [4.78, 5) is 0. The van der Waals surface area contributed by atoms with E-state index in [0.717, 1.165) is 12.3 Å². The molecule has 1 aliphatic carbocycles. The van der Waals surface area contributed by atoms with Crippen molar-refractivity contribution in [3.8, 4) is 5.75 Å². The number of thiophene rings is 1. The maximum atomic E-state index is 5.30. The molecule has 1 aliphatic rings. The number of benzene rings is 1. The molecule has 3 rings (SSSR count). The fourth-order valence-corrected chi connectivity index (χ4v) is 3.63. The van der Waals surface area contributed by atoms with Gasteiger partial charge in [-0.25, -0.2) is 0 Å². The molecule has 2 aromatic rings. The first-order valence-corrected chi connectivity index (χ1v) is 8.09. The lowest BCUT2D eigenvalue weighted by Gasteiger charge is -2.36. The molecule has 1 fully saturated rings. The molecule has 1 saturated carbocycles. The minimum atomic E-state index is 0.658. The number of hydrogen-bond donors (Lipinski definition) is 1. The highest BCUT2D eigenvalue weighted by Gasteiger charge is 2.30. The van der Waals surface area contributed by atoms with E-state index < -0.39 is 0 Å². The summed E-state index contributed by atoms with van der Waals surface area (Å²) in [6.45, 7) is 3.19. The number of rotatable bonds is 5. The first-order chi connectivity index (χ1) is 9.76. The summed E-state index contributed by atoms with van der Waals surface area (Å²) in [6, 6.07) is 9.14. The summed E-state index contributed by atoms with van der Waals surface area (Å²) in [7, 11) is 1.73. The highest BCUT2D eigenvalue weighted by atomic mass is 32.1. The summed E-state index contributed by atoms with van der Waals surface area (Å²) < 4.78 is 5.30. The van der Waals surface area contributed by atoms with Crippen LogP contribution >= 0.6 is 11.3 Å². The van der Waals surface area contributed by atoms with Crippen molar-refractivity contribution in [2.45, 2.75) is 38.3 Å². The third kappa shape index (κ3) is 2.89. The molecule has 3 heteroatoms. The molecule has 0 bridgehead atoms. The Morgan fingerprint density at radius 3 is 2.85 bits per heavy atom. The summed E-state index contributed by atoms with van der Waals surface area (Å²) >= 11 is 1.79. The number of methoxy groups -OCH3 is 1. The van der Waals surface area contributed by atoms with Gasteiger partial charge in [-0.2, -0.15) is 11.3 Å². The van der Waals surface area contributed by atoms with Gasteiger partial charge in [-0.05, 0) is 65.3 Å². The molecule has 20 heavy (non-hydrogen) atoms. The van der Waals surface area contributed by atoms with Crippen LogP contribution in [0.15, 0.2) is 35.0 Å². The normalized spacial score (nSPS) is 21.5. The second-order valence-electron chi connectivity index (χ2n) is 5.60. The lowest BCUT2D eigenvalue weighted by molar-refractivity contribution is 0.288. The van der Waals surface area contributed by atoms with Gasteiger partial charge in [0.1, 0.15) is 5.75 Å². The molecule has 0 radical (unpaired) electrons. The Balaban J connectivity index is 1.50. The molecular weight excluding hydrogens is 266 g/mol. The van der Waals surface area contributed by atoms with E-state index in [0.29, 0.717) is 12.0 Å². The smallest absolute Gasteiger partial charge is 0.119 e.